The quantitative estimate of drug-likeness (QED) is 0.816. The Morgan fingerprint density at radius 1 is 0.895 bits per heavy atom. The summed E-state index contributed by atoms with van der Waals surface area (Å²) in [6.45, 7) is 0. The van der Waals surface area contributed by atoms with Crippen LogP contribution in [0.3, 0.4) is 0 Å². The Labute approximate surface area is 121 Å². The third kappa shape index (κ3) is 2.96. The van der Waals surface area contributed by atoms with Gasteiger partial charge in [-0.15, -0.1) is 0 Å². The molecule has 0 radical (unpaired) electrons. The SMILES string of the molecule is CN(C(=O)N(C)c1ccccc1Br)c1ccccc1. The van der Waals surface area contributed by atoms with Crippen LogP contribution in [0.15, 0.2) is 59.1 Å². The Bertz CT molecular complexity index is 571. The highest BCUT2D eigenvalue weighted by Crippen LogP contribution is 2.26. The molecule has 0 aliphatic heterocycles. The molecule has 0 saturated carbocycles. The molecule has 0 unspecified atom stereocenters. The predicted molar refractivity (Wildman–Crippen MR) is 82.8 cm³/mol. The summed E-state index contributed by atoms with van der Waals surface area (Å²) in [5.74, 6) is 0. The standard InChI is InChI=1S/C15H15BrN2O/c1-17(12-8-4-3-5-9-12)15(19)18(2)14-11-7-6-10-13(14)16/h3-11H,1-2H3. The van der Waals surface area contributed by atoms with Crippen molar-refractivity contribution >= 4 is 33.3 Å². The van der Waals surface area contributed by atoms with Crippen LogP contribution < -0.4 is 9.80 Å². The van der Waals surface area contributed by atoms with Gasteiger partial charge in [0, 0.05) is 24.3 Å². The van der Waals surface area contributed by atoms with Crippen LogP contribution in [0.5, 0.6) is 0 Å². The molecule has 2 aromatic carbocycles. The first-order valence-electron chi connectivity index (χ1n) is 5.92. The fraction of sp³-hybridized carbons (Fsp3) is 0.133. The van der Waals surface area contributed by atoms with Gasteiger partial charge in [0.15, 0.2) is 0 Å². The number of halogens is 1. The summed E-state index contributed by atoms with van der Waals surface area (Å²) < 4.78 is 0.896. The first kappa shape index (κ1) is 13.6. The van der Waals surface area contributed by atoms with Crippen LogP contribution in [0.1, 0.15) is 0 Å². The second kappa shape index (κ2) is 5.89. The molecule has 0 aliphatic rings. The van der Waals surface area contributed by atoms with E-state index in [1.165, 1.54) is 0 Å². The minimum absolute atomic E-state index is 0.0851. The van der Waals surface area contributed by atoms with Crippen molar-refractivity contribution in [1.82, 2.24) is 0 Å². The number of anilines is 2. The van der Waals surface area contributed by atoms with Gasteiger partial charge in [0.05, 0.1) is 5.69 Å². The van der Waals surface area contributed by atoms with Gasteiger partial charge < -0.3 is 0 Å². The van der Waals surface area contributed by atoms with Gasteiger partial charge in [-0.2, -0.15) is 0 Å². The molecule has 98 valence electrons. The minimum Gasteiger partial charge on any atom is -0.297 e. The molecule has 0 saturated heterocycles. The van der Waals surface area contributed by atoms with Crippen molar-refractivity contribution in [3.05, 3.63) is 59.1 Å². The van der Waals surface area contributed by atoms with Gasteiger partial charge in [0.1, 0.15) is 0 Å². The van der Waals surface area contributed by atoms with Gasteiger partial charge in [0.2, 0.25) is 0 Å². The Morgan fingerprint density at radius 3 is 2.11 bits per heavy atom. The molecule has 4 heteroatoms. The van der Waals surface area contributed by atoms with Crippen LogP contribution in [0.2, 0.25) is 0 Å². The molecule has 19 heavy (non-hydrogen) atoms. The van der Waals surface area contributed by atoms with Gasteiger partial charge in [-0.05, 0) is 40.2 Å². The lowest BCUT2D eigenvalue weighted by Gasteiger charge is -2.25. The molecule has 0 aromatic heterocycles. The number of hydrogen-bond acceptors (Lipinski definition) is 1. The second-order valence-electron chi connectivity index (χ2n) is 4.19. The van der Waals surface area contributed by atoms with Crippen molar-refractivity contribution in [2.24, 2.45) is 0 Å². The van der Waals surface area contributed by atoms with Crippen molar-refractivity contribution in [2.45, 2.75) is 0 Å². The zero-order valence-electron chi connectivity index (χ0n) is 10.9. The molecule has 2 aromatic rings. The molecule has 0 aliphatic carbocycles. The average molecular weight is 319 g/mol. The topological polar surface area (TPSA) is 23.6 Å². The fourth-order valence-corrected chi connectivity index (χ4v) is 2.36. The molecule has 0 fully saturated rings. The fourth-order valence-electron chi connectivity index (χ4n) is 1.81. The Morgan fingerprint density at radius 2 is 1.47 bits per heavy atom. The van der Waals surface area contributed by atoms with Crippen molar-refractivity contribution in [3.8, 4) is 0 Å². The number of para-hydroxylation sites is 2. The first-order valence-corrected chi connectivity index (χ1v) is 6.71. The molecule has 0 heterocycles. The summed E-state index contributed by atoms with van der Waals surface area (Å²) in [6.07, 6.45) is 0. The van der Waals surface area contributed by atoms with E-state index in [9.17, 15) is 4.79 Å². The molecular formula is C15H15BrN2O. The minimum atomic E-state index is -0.0851. The van der Waals surface area contributed by atoms with Crippen molar-refractivity contribution in [2.75, 3.05) is 23.9 Å². The Hall–Kier alpha value is -1.81. The largest absolute Gasteiger partial charge is 0.328 e. The van der Waals surface area contributed by atoms with Gasteiger partial charge in [0.25, 0.3) is 0 Å². The summed E-state index contributed by atoms with van der Waals surface area (Å²) >= 11 is 3.46. The highest BCUT2D eigenvalue weighted by atomic mass is 79.9. The highest BCUT2D eigenvalue weighted by molar-refractivity contribution is 9.10. The molecule has 0 spiro atoms. The zero-order chi connectivity index (χ0) is 13.8. The Balaban J connectivity index is 2.23. The molecule has 0 N–H and O–H groups in total. The number of benzene rings is 2. The number of hydrogen-bond donors (Lipinski definition) is 0. The van der Waals surface area contributed by atoms with Gasteiger partial charge in [-0.3, -0.25) is 9.80 Å². The average Bonchev–Trinajstić information content (AvgIpc) is 2.46. The van der Waals surface area contributed by atoms with E-state index in [0.717, 1.165) is 15.8 Å². The molecule has 0 atom stereocenters. The van der Waals surface area contributed by atoms with Crippen LogP contribution in [0, 0.1) is 0 Å². The summed E-state index contributed by atoms with van der Waals surface area (Å²) in [5, 5.41) is 0. The van der Waals surface area contributed by atoms with Crippen LogP contribution >= 0.6 is 15.9 Å². The van der Waals surface area contributed by atoms with E-state index >= 15 is 0 Å². The van der Waals surface area contributed by atoms with Crippen molar-refractivity contribution < 1.29 is 4.79 Å². The molecule has 0 bridgehead atoms. The molecule has 2 amide bonds. The monoisotopic (exact) mass is 318 g/mol. The van der Waals surface area contributed by atoms with Crippen molar-refractivity contribution in [3.63, 3.8) is 0 Å². The first-order chi connectivity index (χ1) is 9.11. The molecular weight excluding hydrogens is 304 g/mol. The second-order valence-corrected chi connectivity index (χ2v) is 5.04. The third-order valence-electron chi connectivity index (χ3n) is 2.93. The number of amides is 2. The number of urea groups is 1. The van der Waals surface area contributed by atoms with Crippen LogP contribution in [0.25, 0.3) is 0 Å². The number of carbonyl (C=O) groups is 1. The number of rotatable bonds is 2. The summed E-state index contributed by atoms with van der Waals surface area (Å²) in [4.78, 5) is 15.7. The smallest absolute Gasteiger partial charge is 0.297 e. The highest BCUT2D eigenvalue weighted by Gasteiger charge is 2.18. The van der Waals surface area contributed by atoms with E-state index in [0.29, 0.717) is 0 Å². The van der Waals surface area contributed by atoms with E-state index in [-0.39, 0.29) is 6.03 Å². The van der Waals surface area contributed by atoms with E-state index in [1.807, 2.05) is 54.6 Å². The van der Waals surface area contributed by atoms with E-state index in [1.54, 1.807) is 23.9 Å². The van der Waals surface area contributed by atoms with Gasteiger partial charge in [-0.1, -0.05) is 30.3 Å². The van der Waals surface area contributed by atoms with Crippen LogP contribution in [0.4, 0.5) is 16.2 Å². The van der Waals surface area contributed by atoms with E-state index in [4.69, 9.17) is 0 Å². The third-order valence-corrected chi connectivity index (χ3v) is 3.60. The predicted octanol–water partition coefficient (Wildman–Crippen LogP) is 4.14. The van der Waals surface area contributed by atoms with Crippen LogP contribution in [-0.4, -0.2) is 20.1 Å². The van der Waals surface area contributed by atoms with E-state index < -0.39 is 0 Å². The summed E-state index contributed by atoms with van der Waals surface area (Å²) in [7, 11) is 3.53. The number of nitrogens with zero attached hydrogens (tertiary/aromatic N) is 2. The maximum Gasteiger partial charge on any atom is 0.328 e. The lowest BCUT2D eigenvalue weighted by Crippen LogP contribution is -2.39. The lowest BCUT2D eigenvalue weighted by molar-refractivity contribution is 0.253. The summed E-state index contributed by atoms with van der Waals surface area (Å²) in [5.41, 5.74) is 1.71. The molecule has 2 rings (SSSR count). The maximum absolute atomic E-state index is 12.4. The zero-order valence-corrected chi connectivity index (χ0v) is 12.5. The van der Waals surface area contributed by atoms with Crippen molar-refractivity contribution in [1.29, 1.82) is 0 Å². The van der Waals surface area contributed by atoms with Crippen LogP contribution in [-0.2, 0) is 0 Å². The van der Waals surface area contributed by atoms with E-state index in [2.05, 4.69) is 15.9 Å². The number of carbonyl (C=O) groups excluding carboxylic acids is 1. The maximum atomic E-state index is 12.4. The Kier molecular flexibility index (Phi) is 4.22. The van der Waals surface area contributed by atoms with Gasteiger partial charge in [-0.25, -0.2) is 4.79 Å². The molecule has 3 nitrogen and oxygen atoms in total. The summed E-state index contributed by atoms with van der Waals surface area (Å²) in [6, 6.07) is 17.1. The lowest BCUT2D eigenvalue weighted by atomic mass is 10.3. The normalized spacial score (nSPS) is 10.1. The van der Waals surface area contributed by atoms with Gasteiger partial charge >= 0.3 is 6.03 Å².